The predicted molar refractivity (Wildman–Crippen MR) is 107 cm³/mol. The summed E-state index contributed by atoms with van der Waals surface area (Å²) in [6.45, 7) is 1.41. The second-order valence-corrected chi connectivity index (χ2v) is 6.06. The van der Waals surface area contributed by atoms with Crippen molar-refractivity contribution >= 4 is 5.96 Å². The summed E-state index contributed by atoms with van der Waals surface area (Å²) in [4.78, 5) is 4.20. The molecule has 0 saturated carbocycles. The fourth-order valence-electron chi connectivity index (χ4n) is 2.77. The minimum absolute atomic E-state index is 0.169. The summed E-state index contributed by atoms with van der Waals surface area (Å²) >= 11 is 0. The Morgan fingerprint density at radius 1 is 0.963 bits per heavy atom. The quantitative estimate of drug-likeness (QED) is 0.403. The van der Waals surface area contributed by atoms with Gasteiger partial charge in [0.25, 0.3) is 0 Å². The van der Waals surface area contributed by atoms with Crippen LogP contribution in [0.4, 0.5) is 4.39 Å². The summed E-state index contributed by atoms with van der Waals surface area (Å²) in [5, 5.41) is 6.49. The van der Waals surface area contributed by atoms with Crippen molar-refractivity contribution in [1.82, 2.24) is 10.6 Å². The molecule has 2 aromatic carbocycles. The van der Waals surface area contributed by atoms with E-state index in [1.807, 2.05) is 24.3 Å². The molecule has 2 aromatic rings. The van der Waals surface area contributed by atoms with Crippen LogP contribution in [0.25, 0.3) is 0 Å². The molecule has 0 radical (unpaired) electrons. The number of benzene rings is 2. The van der Waals surface area contributed by atoms with Crippen molar-refractivity contribution in [3.63, 3.8) is 0 Å². The Kier molecular flexibility index (Phi) is 8.42. The van der Waals surface area contributed by atoms with Crippen molar-refractivity contribution < 1.29 is 13.9 Å². The molecular formula is C21H28FN3O2. The first kappa shape index (κ1) is 20.6. The molecule has 0 aliphatic rings. The molecule has 2 N–H and O–H groups in total. The Labute approximate surface area is 160 Å². The van der Waals surface area contributed by atoms with Crippen LogP contribution in [0.15, 0.2) is 47.5 Å². The monoisotopic (exact) mass is 373 g/mol. The van der Waals surface area contributed by atoms with Crippen LogP contribution in [0.5, 0.6) is 11.5 Å². The van der Waals surface area contributed by atoms with Crippen LogP contribution in [-0.4, -0.2) is 40.3 Å². The fraction of sp³-hybridized carbons (Fsp3) is 0.381. The van der Waals surface area contributed by atoms with Gasteiger partial charge in [-0.3, -0.25) is 4.99 Å². The van der Waals surface area contributed by atoms with E-state index in [4.69, 9.17) is 9.47 Å². The summed E-state index contributed by atoms with van der Waals surface area (Å²) in [5.41, 5.74) is 1.89. The molecular weight excluding hydrogens is 345 g/mol. The molecule has 0 bridgehead atoms. The van der Waals surface area contributed by atoms with Crippen LogP contribution >= 0.6 is 0 Å². The summed E-state index contributed by atoms with van der Waals surface area (Å²) in [5.74, 6) is 2.03. The van der Waals surface area contributed by atoms with E-state index in [1.165, 1.54) is 11.6 Å². The first-order valence-electron chi connectivity index (χ1n) is 9.06. The molecule has 0 unspecified atom stereocenters. The minimum Gasteiger partial charge on any atom is -0.493 e. The SMILES string of the molecule is CN=C(NCCCc1ccc(OC)c(OC)c1)NCCc1ccccc1F. The molecule has 0 atom stereocenters. The standard InChI is InChI=1S/C21H28FN3O2/c1-23-21(25-14-12-17-8-4-5-9-18(17)22)24-13-6-7-16-10-11-19(26-2)20(15-16)27-3/h4-5,8-11,15H,6-7,12-14H2,1-3H3,(H2,23,24,25). The number of methoxy groups -OCH3 is 2. The molecule has 0 saturated heterocycles. The zero-order valence-corrected chi connectivity index (χ0v) is 16.2. The van der Waals surface area contributed by atoms with E-state index in [2.05, 4.69) is 15.6 Å². The maximum absolute atomic E-state index is 13.6. The van der Waals surface area contributed by atoms with Gasteiger partial charge in [0.1, 0.15) is 5.82 Å². The van der Waals surface area contributed by atoms with Gasteiger partial charge in [-0.05, 0) is 48.6 Å². The van der Waals surface area contributed by atoms with Crippen LogP contribution in [0, 0.1) is 5.82 Å². The van der Waals surface area contributed by atoms with Gasteiger partial charge in [0.2, 0.25) is 0 Å². The highest BCUT2D eigenvalue weighted by Crippen LogP contribution is 2.27. The zero-order chi connectivity index (χ0) is 19.5. The topological polar surface area (TPSA) is 54.9 Å². The number of halogens is 1. The van der Waals surface area contributed by atoms with Crippen molar-refractivity contribution in [3.05, 3.63) is 59.4 Å². The molecule has 146 valence electrons. The molecule has 0 aliphatic heterocycles. The number of hydrogen-bond acceptors (Lipinski definition) is 3. The Balaban J connectivity index is 1.71. The molecule has 0 aromatic heterocycles. The van der Waals surface area contributed by atoms with E-state index in [1.54, 1.807) is 33.4 Å². The van der Waals surface area contributed by atoms with E-state index >= 15 is 0 Å². The molecule has 0 aliphatic carbocycles. The summed E-state index contributed by atoms with van der Waals surface area (Å²) < 4.78 is 24.2. The second-order valence-electron chi connectivity index (χ2n) is 6.06. The number of ether oxygens (including phenoxy) is 2. The first-order chi connectivity index (χ1) is 13.2. The third-order valence-electron chi connectivity index (χ3n) is 4.25. The van der Waals surface area contributed by atoms with Crippen molar-refractivity contribution in [1.29, 1.82) is 0 Å². The smallest absolute Gasteiger partial charge is 0.190 e. The van der Waals surface area contributed by atoms with Crippen LogP contribution in [0.2, 0.25) is 0 Å². The Morgan fingerprint density at radius 3 is 2.41 bits per heavy atom. The minimum atomic E-state index is -0.169. The van der Waals surface area contributed by atoms with Gasteiger partial charge >= 0.3 is 0 Å². The Bertz CT molecular complexity index is 750. The van der Waals surface area contributed by atoms with E-state index in [0.717, 1.165) is 36.8 Å². The number of hydrogen-bond donors (Lipinski definition) is 2. The Morgan fingerprint density at radius 2 is 1.70 bits per heavy atom. The lowest BCUT2D eigenvalue weighted by atomic mass is 10.1. The highest BCUT2D eigenvalue weighted by Gasteiger charge is 2.05. The van der Waals surface area contributed by atoms with E-state index in [-0.39, 0.29) is 5.82 Å². The number of aliphatic imine (C=N–C) groups is 1. The average molecular weight is 373 g/mol. The van der Waals surface area contributed by atoms with Gasteiger partial charge in [0.05, 0.1) is 14.2 Å². The van der Waals surface area contributed by atoms with E-state index in [0.29, 0.717) is 18.5 Å². The number of nitrogens with zero attached hydrogens (tertiary/aromatic N) is 1. The lowest BCUT2D eigenvalue weighted by molar-refractivity contribution is 0.354. The maximum Gasteiger partial charge on any atom is 0.190 e. The zero-order valence-electron chi connectivity index (χ0n) is 16.2. The molecule has 5 nitrogen and oxygen atoms in total. The lowest BCUT2D eigenvalue weighted by Crippen LogP contribution is -2.38. The molecule has 0 spiro atoms. The van der Waals surface area contributed by atoms with E-state index in [9.17, 15) is 4.39 Å². The summed E-state index contributed by atoms with van der Waals surface area (Å²) in [6.07, 6.45) is 2.47. The third kappa shape index (κ3) is 6.47. The van der Waals surface area contributed by atoms with Gasteiger partial charge in [0.15, 0.2) is 17.5 Å². The van der Waals surface area contributed by atoms with Gasteiger partial charge in [-0.15, -0.1) is 0 Å². The van der Waals surface area contributed by atoms with Gasteiger partial charge in [-0.2, -0.15) is 0 Å². The van der Waals surface area contributed by atoms with Gasteiger partial charge in [0, 0.05) is 20.1 Å². The molecule has 0 fully saturated rings. The highest BCUT2D eigenvalue weighted by molar-refractivity contribution is 5.79. The Hall–Kier alpha value is -2.76. The summed E-state index contributed by atoms with van der Waals surface area (Å²) in [6, 6.07) is 12.8. The fourth-order valence-corrected chi connectivity index (χ4v) is 2.77. The van der Waals surface area contributed by atoms with Crippen LogP contribution in [0.1, 0.15) is 17.5 Å². The molecule has 6 heteroatoms. The van der Waals surface area contributed by atoms with Crippen molar-refractivity contribution in [2.24, 2.45) is 4.99 Å². The largest absolute Gasteiger partial charge is 0.493 e. The van der Waals surface area contributed by atoms with E-state index < -0.39 is 0 Å². The highest BCUT2D eigenvalue weighted by atomic mass is 19.1. The molecule has 27 heavy (non-hydrogen) atoms. The van der Waals surface area contributed by atoms with Crippen molar-refractivity contribution in [3.8, 4) is 11.5 Å². The van der Waals surface area contributed by atoms with Crippen molar-refractivity contribution in [2.45, 2.75) is 19.3 Å². The number of rotatable bonds is 9. The second kappa shape index (κ2) is 11.1. The number of guanidine groups is 1. The first-order valence-corrected chi connectivity index (χ1v) is 9.06. The van der Waals surface area contributed by atoms with Crippen LogP contribution in [-0.2, 0) is 12.8 Å². The molecule has 0 heterocycles. The van der Waals surface area contributed by atoms with Crippen LogP contribution in [0.3, 0.4) is 0 Å². The summed E-state index contributed by atoms with van der Waals surface area (Å²) in [7, 11) is 5.00. The average Bonchev–Trinajstić information content (AvgIpc) is 2.70. The third-order valence-corrected chi connectivity index (χ3v) is 4.25. The normalized spacial score (nSPS) is 11.2. The number of nitrogens with one attached hydrogen (secondary N) is 2. The lowest BCUT2D eigenvalue weighted by Gasteiger charge is -2.13. The maximum atomic E-state index is 13.6. The van der Waals surface area contributed by atoms with Gasteiger partial charge in [-0.25, -0.2) is 4.39 Å². The number of aryl methyl sites for hydroxylation is 1. The van der Waals surface area contributed by atoms with Crippen molar-refractivity contribution in [2.75, 3.05) is 34.4 Å². The van der Waals surface area contributed by atoms with Gasteiger partial charge < -0.3 is 20.1 Å². The van der Waals surface area contributed by atoms with Gasteiger partial charge in [-0.1, -0.05) is 24.3 Å². The molecule has 0 amide bonds. The van der Waals surface area contributed by atoms with Crippen LogP contribution < -0.4 is 20.1 Å². The molecule has 2 rings (SSSR count). The predicted octanol–water partition coefficient (Wildman–Crippen LogP) is 3.18.